The van der Waals surface area contributed by atoms with Crippen molar-refractivity contribution in [3.05, 3.63) is 65.2 Å². The van der Waals surface area contributed by atoms with Gasteiger partial charge in [0.05, 0.1) is 13.0 Å². The zero-order valence-corrected chi connectivity index (χ0v) is 13.5. The lowest BCUT2D eigenvalue weighted by Gasteiger charge is -2.18. The third-order valence-electron chi connectivity index (χ3n) is 3.68. The number of carbonyl (C=O) groups excluding carboxylic acids is 1. The summed E-state index contributed by atoms with van der Waals surface area (Å²) in [6, 6.07) is 16.0. The maximum atomic E-state index is 12.2. The van der Waals surface area contributed by atoms with Gasteiger partial charge in [-0.2, -0.15) is 0 Å². The van der Waals surface area contributed by atoms with Crippen LogP contribution < -0.4 is 4.74 Å². The highest BCUT2D eigenvalue weighted by Gasteiger charge is 2.09. The Balaban J connectivity index is 1.79. The van der Waals surface area contributed by atoms with Crippen molar-refractivity contribution in [2.75, 3.05) is 20.2 Å². The molecule has 3 heteroatoms. The van der Waals surface area contributed by atoms with Crippen molar-refractivity contribution in [1.82, 2.24) is 4.90 Å². The molecule has 22 heavy (non-hydrogen) atoms. The Bertz CT molecular complexity index is 620. The summed E-state index contributed by atoms with van der Waals surface area (Å²) in [5, 5.41) is 0. The van der Waals surface area contributed by atoms with Gasteiger partial charge < -0.3 is 9.64 Å². The van der Waals surface area contributed by atoms with Gasteiger partial charge in [0.15, 0.2) is 0 Å². The third-order valence-corrected chi connectivity index (χ3v) is 3.68. The van der Waals surface area contributed by atoms with Crippen LogP contribution in [0.25, 0.3) is 0 Å². The van der Waals surface area contributed by atoms with Crippen LogP contribution in [0.3, 0.4) is 0 Å². The van der Waals surface area contributed by atoms with Crippen molar-refractivity contribution in [2.24, 2.45) is 0 Å². The van der Waals surface area contributed by atoms with E-state index in [1.54, 1.807) is 4.90 Å². The highest BCUT2D eigenvalue weighted by Crippen LogP contribution is 2.15. The van der Waals surface area contributed by atoms with Crippen LogP contribution >= 0.6 is 0 Å². The lowest BCUT2D eigenvalue weighted by molar-refractivity contribution is -0.129. The van der Waals surface area contributed by atoms with Crippen molar-refractivity contribution in [2.45, 2.75) is 20.3 Å². The zero-order valence-electron chi connectivity index (χ0n) is 13.5. The van der Waals surface area contributed by atoms with Crippen LogP contribution in [0, 0.1) is 13.8 Å². The lowest BCUT2D eigenvalue weighted by atomic mass is 10.1. The fraction of sp³-hybridized carbons (Fsp3) is 0.316. The summed E-state index contributed by atoms with van der Waals surface area (Å²) in [5.41, 5.74) is 3.36. The maximum absolute atomic E-state index is 12.2. The van der Waals surface area contributed by atoms with Crippen molar-refractivity contribution < 1.29 is 9.53 Å². The number of hydrogen-bond acceptors (Lipinski definition) is 2. The molecule has 1 amide bonds. The van der Waals surface area contributed by atoms with Crippen LogP contribution in [-0.4, -0.2) is 31.0 Å². The largest absolute Gasteiger partial charge is 0.491 e. The molecular weight excluding hydrogens is 274 g/mol. The first-order chi connectivity index (χ1) is 10.6. The van der Waals surface area contributed by atoms with Crippen LogP contribution in [0.2, 0.25) is 0 Å². The SMILES string of the molecule is Cc1ccc(CC(=O)N(C)CCOc2ccccc2C)cc1. The number of para-hydroxylation sites is 1. The molecule has 0 saturated carbocycles. The number of likely N-dealkylation sites (N-methyl/N-ethyl adjacent to an activating group) is 1. The summed E-state index contributed by atoms with van der Waals surface area (Å²) in [5.74, 6) is 0.985. The fourth-order valence-corrected chi connectivity index (χ4v) is 2.15. The molecule has 116 valence electrons. The van der Waals surface area contributed by atoms with Gasteiger partial charge in [-0.25, -0.2) is 0 Å². The van der Waals surface area contributed by atoms with Crippen LogP contribution in [0.15, 0.2) is 48.5 Å². The van der Waals surface area contributed by atoms with Crippen molar-refractivity contribution in [3.63, 3.8) is 0 Å². The zero-order chi connectivity index (χ0) is 15.9. The predicted octanol–water partition coefficient (Wildman–Crippen LogP) is 3.38. The minimum Gasteiger partial charge on any atom is -0.491 e. The van der Waals surface area contributed by atoms with E-state index in [2.05, 4.69) is 0 Å². The molecule has 0 bridgehead atoms. The Hall–Kier alpha value is -2.29. The Morgan fingerprint density at radius 2 is 1.73 bits per heavy atom. The van der Waals surface area contributed by atoms with E-state index in [-0.39, 0.29) is 5.91 Å². The van der Waals surface area contributed by atoms with Crippen LogP contribution in [0.4, 0.5) is 0 Å². The molecule has 0 heterocycles. The second kappa shape index (κ2) is 7.64. The standard InChI is InChI=1S/C19H23NO2/c1-15-8-10-17(11-9-15)14-19(21)20(3)12-13-22-18-7-5-4-6-16(18)2/h4-11H,12-14H2,1-3H3. The van der Waals surface area contributed by atoms with Gasteiger partial charge in [-0.15, -0.1) is 0 Å². The van der Waals surface area contributed by atoms with Crippen molar-refractivity contribution in [1.29, 1.82) is 0 Å². The van der Waals surface area contributed by atoms with Gasteiger partial charge in [-0.3, -0.25) is 4.79 Å². The van der Waals surface area contributed by atoms with Gasteiger partial charge >= 0.3 is 0 Å². The van der Waals surface area contributed by atoms with E-state index in [0.29, 0.717) is 19.6 Å². The molecule has 0 atom stereocenters. The summed E-state index contributed by atoms with van der Waals surface area (Å²) in [6.45, 7) is 5.14. The van der Waals surface area contributed by atoms with Gasteiger partial charge in [-0.05, 0) is 31.0 Å². The molecule has 2 aromatic rings. The molecule has 0 saturated heterocycles. The second-order valence-electron chi connectivity index (χ2n) is 5.59. The first-order valence-corrected chi connectivity index (χ1v) is 7.54. The first kappa shape index (κ1) is 16.1. The van der Waals surface area contributed by atoms with E-state index in [0.717, 1.165) is 16.9 Å². The number of carbonyl (C=O) groups is 1. The Labute approximate surface area is 132 Å². The molecule has 0 aliphatic heterocycles. The molecule has 0 N–H and O–H groups in total. The maximum Gasteiger partial charge on any atom is 0.226 e. The van der Waals surface area contributed by atoms with Gasteiger partial charge in [0.2, 0.25) is 5.91 Å². The van der Waals surface area contributed by atoms with Crippen LogP contribution in [0.5, 0.6) is 5.75 Å². The first-order valence-electron chi connectivity index (χ1n) is 7.54. The summed E-state index contributed by atoms with van der Waals surface area (Å²) >= 11 is 0. The Morgan fingerprint density at radius 3 is 2.41 bits per heavy atom. The minimum absolute atomic E-state index is 0.109. The summed E-state index contributed by atoms with van der Waals surface area (Å²) in [6.07, 6.45) is 0.432. The van der Waals surface area contributed by atoms with E-state index in [9.17, 15) is 4.79 Å². The number of aryl methyl sites for hydroxylation is 2. The quantitative estimate of drug-likeness (QED) is 0.818. The number of ether oxygens (including phenoxy) is 1. The molecular formula is C19H23NO2. The number of rotatable bonds is 6. The summed E-state index contributed by atoms with van der Waals surface area (Å²) in [7, 11) is 1.82. The average Bonchev–Trinajstić information content (AvgIpc) is 2.51. The van der Waals surface area contributed by atoms with E-state index >= 15 is 0 Å². The number of amides is 1. The normalized spacial score (nSPS) is 10.3. The molecule has 0 aliphatic carbocycles. The fourth-order valence-electron chi connectivity index (χ4n) is 2.15. The molecule has 0 radical (unpaired) electrons. The smallest absolute Gasteiger partial charge is 0.226 e. The number of hydrogen-bond donors (Lipinski definition) is 0. The van der Waals surface area contributed by atoms with Crippen molar-refractivity contribution >= 4 is 5.91 Å². The van der Waals surface area contributed by atoms with Crippen molar-refractivity contribution in [3.8, 4) is 5.75 Å². The van der Waals surface area contributed by atoms with Crippen LogP contribution in [0.1, 0.15) is 16.7 Å². The monoisotopic (exact) mass is 297 g/mol. The van der Waals surface area contributed by atoms with Gasteiger partial charge in [0.25, 0.3) is 0 Å². The van der Waals surface area contributed by atoms with E-state index in [4.69, 9.17) is 4.74 Å². The average molecular weight is 297 g/mol. The number of nitrogens with zero attached hydrogens (tertiary/aromatic N) is 1. The lowest BCUT2D eigenvalue weighted by Crippen LogP contribution is -2.32. The molecule has 0 unspecified atom stereocenters. The van der Waals surface area contributed by atoms with Crippen LogP contribution in [-0.2, 0) is 11.2 Å². The molecule has 2 rings (SSSR count). The number of benzene rings is 2. The molecule has 0 spiro atoms. The van der Waals surface area contributed by atoms with E-state index in [1.807, 2.05) is 69.4 Å². The van der Waals surface area contributed by atoms with E-state index in [1.165, 1.54) is 5.56 Å². The third kappa shape index (κ3) is 4.62. The van der Waals surface area contributed by atoms with E-state index < -0.39 is 0 Å². The summed E-state index contributed by atoms with van der Waals surface area (Å²) < 4.78 is 5.73. The Morgan fingerprint density at radius 1 is 1.05 bits per heavy atom. The molecule has 2 aromatic carbocycles. The van der Waals surface area contributed by atoms with Gasteiger partial charge in [0.1, 0.15) is 12.4 Å². The molecule has 0 fully saturated rings. The highest BCUT2D eigenvalue weighted by molar-refractivity contribution is 5.78. The molecule has 0 aromatic heterocycles. The second-order valence-corrected chi connectivity index (χ2v) is 5.59. The minimum atomic E-state index is 0.109. The molecule has 0 aliphatic rings. The molecule has 3 nitrogen and oxygen atoms in total. The Kier molecular flexibility index (Phi) is 5.59. The highest BCUT2D eigenvalue weighted by atomic mass is 16.5. The topological polar surface area (TPSA) is 29.5 Å². The van der Waals surface area contributed by atoms with Gasteiger partial charge in [0, 0.05) is 7.05 Å². The van der Waals surface area contributed by atoms with Gasteiger partial charge in [-0.1, -0.05) is 48.0 Å². The predicted molar refractivity (Wildman–Crippen MR) is 89.2 cm³/mol. The summed E-state index contributed by atoms with van der Waals surface area (Å²) in [4.78, 5) is 13.9.